The third-order valence-electron chi connectivity index (χ3n) is 5.40. The molecule has 2 heterocycles. The van der Waals surface area contributed by atoms with Gasteiger partial charge in [-0.3, -0.25) is 14.9 Å². The number of benzene rings is 1. The average Bonchev–Trinajstić information content (AvgIpc) is 3.41. The Morgan fingerprint density at radius 2 is 2.03 bits per heavy atom. The molecule has 1 aromatic carbocycles. The molecule has 0 bridgehead atoms. The van der Waals surface area contributed by atoms with Gasteiger partial charge in [0, 0.05) is 17.0 Å². The molecule has 1 N–H and O–H groups in total. The molecule has 0 unspecified atom stereocenters. The molecule has 2 aromatic heterocycles. The Kier molecular flexibility index (Phi) is 6.07. The lowest BCUT2D eigenvalue weighted by Crippen LogP contribution is -2.13. The smallest absolute Gasteiger partial charge is 0.280 e. The van der Waals surface area contributed by atoms with Gasteiger partial charge in [0.2, 0.25) is 0 Å². The summed E-state index contributed by atoms with van der Waals surface area (Å²) in [6.45, 7) is 1.76. The lowest BCUT2D eigenvalue weighted by Gasteiger charge is -2.09. The van der Waals surface area contributed by atoms with Crippen LogP contribution in [0.3, 0.4) is 0 Å². The maximum atomic E-state index is 12.8. The van der Waals surface area contributed by atoms with E-state index in [0.29, 0.717) is 16.1 Å². The van der Waals surface area contributed by atoms with Crippen LogP contribution in [0.4, 0.5) is 10.7 Å². The molecule has 4 rings (SSSR count). The van der Waals surface area contributed by atoms with E-state index in [1.54, 1.807) is 25.1 Å². The van der Waals surface area contributed by atoms with E-state index in [9.17, 15) is 25.4 Å². The number of fused-ring (bicyclic) bond motifs is 1. The number of carbonyl (C=O) groups is 1. The number of carbonyl (C=O) groups excluding carboxylic acids is 1. The van der Waals surface area contributed by atoms with Crippen LogP contribution in [0.5, 0.6) is 0 Å². The van der Waals surface area contributed by atoms with Gasteiger partial charge in [0.25, 0.3) is 11.6 Å². The van der Waals surface area contributed by atoms with E-state index in [1.807, 2.05) is 6.07 Å². The van der Waals surface area contributed by atoms with Gasteiger partial charge in [-0.1, -0.05) is 6.07 Å². The van der Waals surface area contributed by atoms with E-state index in [1.165, 1.54) is 29.5 Å². The van der Waals surface area contributed by atoms with Crippen molar-refractivity contribution < 1.29 is 14.1 Å². The number of hydrogen-bond donors (Lipinski definition) is 1. The number of nitro groups is 1. The summed E-state index contributed by atoms with van der Waals surface area (Å²) in [5, 5.41) is 33.6. The second kappa shape index (κ2) is 9.11. The molecule has 0 atom stereocenters. The fraction of sp³-hybridized carbons (Fsp3) is 0.208. The number of rotatable bonds is 5. The topological polar surface area (TPSA) is 133 Å². The number of furan rings is 1. The second-order valence-electron chi connectivity index (χ2n) is 7.63. The number of nitrogens with one attached hydrogen (secondary N) is 1. The normalized spacial score (nSPS) is 13.0. The molecule has 3 aromatic rings. The van der Waals surface area contributed by atoms with Crippen LogP contribution in [0.25, 0.3) is 17.4 Å². The molecule has 0 saturated carbocycles. The average molecular weight is 458 g/mol. The molecule has 33 heavy (non-hydrogen) atoms. The van der Waals surface area contributed by atoms with Gasteiger partial charge in [-0.2, -0.15) is 10.5 Å². The summed E-state index contributed by atoms with van der Waals surface area (Å²) >= 11 is 1.38. The van der Waals surface area contributed by atoms with E-state index in [2.05, 4.69) is 11.4 Å². The Labute approximate surface area is 193 Å². The number of nitriles is 2. The highest BCUT2D eigenvalue weighted by molar-refractivity contribution is 7.16. The zero-order valence-corrected chi connectivity index (χ0v) is 18.5. The first-order chi connectivity index (χ1) is 15.9. The number of aryl methyl sites for hydroxylation is 2. The van der Waals surface area contributed by atoms with Crippen molar-refractivity contribution in [2.45, 2.75) is 32.6 Å². The third-order valence-corrected chi connectivity index (χ3v) is 6.61. The maximum Gasteiger partial charge on any atom is 0.280 e. The first kappa shape index (κ1) is 22.0. The molecular weight excluding hydrogens is 440 g/mol. The first-order valence-corrected chi connectivity index (χ1v) is 11.1. The molecule has 1 amide bonds. The molecule has 0 aliphatic heterocycles. The first-order valence-electron chi connectivity index (χ1n) is 10.2. The van der Waals surface area contributed by atoms with Crippen LogP contribution in [0.2, 0.25) is 0 Å². The van der Waals surface area contributed by atoms with Crippen molar-refractivity contribution in [3.05, 3.63) is 73.3 Å². The van der Waals surface area contributed by atoms with Crippen LogP contribution in [0.1, 0.15) is 40.2 Å². The summed E-state index contributed by atoms with van der Waals surface area (Å²) < 4.78 is 5.68. The number of nitro benzene ring substituents is 1. The Morgan fingerprint density at radius 3 is 2.76 bits per heavy atom. The Hall–Kier alpha value is -4.21. The number of nitrogens with zero attached hydrogens (tertiary/aromatic N) is 3. The Balaban J connectivity index is 1.60. The van der Waals surface area contributed by atoms with Crippen LogP contribution in [-0.4, -0.2) is 10.8 Å². The summed E-state index contributed by atoms with van der Waals surface area (Å²) in [5.41, 5.74) is 2.20. The number of hydrogen-bond acceptors (Lipinski definition) is 7. The monoisotopic (exact) mass is 458 g/mol. The molecule has 164 valence electrons. The van der Waals surface area contributed by atoms with Crippen molar-refractivity contribution >= 4 is 34.0 Å². The van der Waals surface area contributed by atoms with Gasteiger partial charge in [-0.05, 0) is 61.9 Å². The standard InChI is InChI=1S/C24H18N4O4S/c1-14-6-8-18(20(10-14)28(30)31)21-9-7-16(32-21)11-15(12-25)23(29)27-24-19(13-26)17-4-2-3-5-22(17)33-24/h6-11H,2-5H2,1H3,(H,27,29)/b15-11+. The van der Waals surface area contributed by atoms with Crippen molar-refractivity contribution in [3.63, 3.8) is 0 Å². The maximum absolute atomic E-state index is 12.8. The summed E-state index contributed by atoms with van der Waals surface area (Å²) in [6.07, 6.45) is 5.03. The van der Waals surface area contributed by atoms with E-state index < -0.39 is 10.8 Å². The quantitative estimate of drug-likeness (QED) is 0.232. The van der Waals surface area contributed by atoms with Crippen molar-refractivity contribution in [2.24, 2.45) is 0 Å². The minimum atomic E-state index is -0.646. The minimum absolute atomic E-state index is 0.0937. The van der Waals surface area contributed by atoms with Gasteiger partial charge in [0.1, 0.15) is 34.2 Å². The zero-order valence-electron chi connectivity index (χ0n) is 17.7. The SMILES string of the molecule is Cc1ccc(-c2ccc(/C=C(\C#N)C(=O)Nc3sc4c(c3C#N)CCCC4)o2)c([N+](=O)[O-])c1. The van der Waals surface area contributed by atoms with E-state index in [0.717, 1.165) is 41.7 Å². The fourth-order valence-corrected chi connectivity index (χ4v) is 5.04. The van der Waals surface area contributed by atoms with Crippen molar-refractivity contribution in [2.75, 3.05) is 5.32 Å². The van der Waals surface area contributed by atoms with Crippen LogP contribution in [0, 0.1) is 39.7 Å². The van der Waals surface area contributed by atoms with Crippen LogP contribution in [0.15, 0.2) is 40.3 Å². The van der Waals surface area contributed by atoms with Gasteiger partial charge in [-0.25, -0.2) is 0 Å². The highest BCUT2D eigenvalue weighted by atomic mass is 32.1. The molecule has 1 aliphatic rings. The van der Waals surface area contributed by atoms with Crippen molar-refractivity contribution in [3.8, 4) is 23.5 Å². The highest BCUT2D eigenvalue weighted by Gasteiger charge is 2.23. The molecule has 1 aliphatic carbocycles. The predicted molar refractivity (Wildman–Crippen MR) is 123 cm³/mol. The Morgan fingerprint density at radius 1 is 1.24 bits per heavy atom. The summed E-state index contributed by atoms with van der Waals surface area (Å²) in [6, 6.07) is 11.9. The molecule has 0 radical (unpaired) electrons. The summed E-state index contributed by atoms with van der Waals surface area (Å²) in [7, 11) is 0. The van der Waals surface area contributed by atoms with E-state index in [-0.39, 0.29) is 22.8 Å². The number of anilines is 1. The van der Waals surface area contributed by atoms with Crippen LogP contribution < -0.4 is 5.32 Å². The number of thiophene rings is 1. The third kappa shape index (κ3) is 4.40. The van der Waals surface area contributed by atoms with E-state index in [4.69, 9.17) is 4.42 Å². The lowest BCUT2D eigenvalue weighted by atomic mass is 9.96. The predicted octanol–water partition coefficient (Wildman–Crippen LogP) is 5.52. The lowest BCUT2D eigenvalue weighted by molar-refractivity contribution is -0.384. The van der Waals surface area contributed by atoms with Gasteiger partial charge < -0.3 is 9.73 Å². The second-order valence-corrected chi connectivity index (χ2v) is 8.74. The molecule has 0 spiro atoms. The highest BCUT2D eigenvalue weighted by Crippen LogP contribution is 2.38. The summed E-state index contributed by atoms with van der Waals surface area (Å²) in [5.74, 6) is -0.187. The Bertz CT molecular complexity index is 1380. The van der Waals surface area contributed by atoms with Gasteiger partial charge in [0.05, 0.1) is 16.1 Å². The van der Waals surface area contributed by atoms with Crippen LogP contribution >= 0.6 is 11.3 Å². The van der Waals surface area contributed by atoms with Crippen molar-refractivity contribution in [1.29, 1.82) is 10.5 Å². The van der Waals surface area contributed by atoms with Gasteiger partial charge in [0.15, 0.2) is 0 Å². The van der Waals surface area contributed by atoms with E-state index >= 15 is 0 Å². The fourth-order valence-electron chi connectivity index (χ4n) is 3.81. The molecule has 8 nitrogen and oxygen atoms in total. The molecule has 9 heteroatoms. The van der Waals surface area contributed by atoms with Gasteiger partial charge in [-0.15, -0.1) is 11.3 Å². The summed E-state index contributed by atoms with van der Waals surface area (Å²) in [4.78, 5) is 24.8. The van der Waals surface area contributed by atoms with Crippen molar-refractivity contribution in [1.82, 2.24) is 0 Å². The molecule has 0 saturated heterocycles. The largest absolute Gasteiger partial charge is 0.456 e. The molecule has 0 fully saturated rings. The number of amides is 1. The minimum Gasteiger partial charge on any atom is -0.456 e. The zero-order chi connectivity index (χ0) is 23.5. The molecular formula is C24H18N4O4S. The van der Waals surface area contributed by atoms with Crippen LogP contribution in [-0.2, 0) is 17.6 Å². The van der Waals surface area contributed by atoms with Gasteiger partial charge >= 0.3 is 0 Å².